The highest BCUT2D eigenvalue weighted by Gasteiger charge is 2.42. The molecule has 20 heavy (non-hydrogen) atoms. The first-order chi connectivity index (χ1) is 9.48. The van der Waals surface area contributed by atoms with Gasteiger partial charge < -0.3 is 5.73 Å². The Balaban J connectivity index is 2.08. The molecule has 2 N–H and O–H groups in total. The molecule has 2 heteroatoms. The molecule has 0 bridgehead atoms. The maximum Gasteiger partial charge on any atom is 0.0334 e. The molecule has 118 valence electrons. The van der Waals surface area contributed by atoms with Gasteiger partial charge in [0.15, 0.2) is 0 Å². The van der Waals surface area contributed by atoms with Crippen molar-refractivity contribution in [3.63, 3.8) is 0 Å². The van der Waals surface area contributed by atoms with Crippen molar-refractivity contribution in [1.82, 2.24) is 4.90 Å². The van der Waals surface area contributed by atoms with Crippen LogP contribution in [0.1, 0.15) is 72.1 Å². The second-order valence-electron chi connectivity index (χ2n) is 8.07. The largest absolute Gasteiger partial charge is 0.329 e. The van der Waals surface area contributed by atoms with Crippen molar-refractivity contribution >= 4 is 0 Å². The average Bonchev–Trinajstić information content (AvgIpc) is 2.46. The molecule has 2 saturated carbocycles. The first kappa shape index (κ1) is 16.3. The van der Waals surface area contributed by atoms with E-state index < -0.39 is 0 Å². The zero-order valence-corrected chi connectivity index (χ0v) is 14.2. The fourth-order valence-electron chi connectivity index (χ4n) is 4.75. The van der Waals surface area contributed by atoms with Crippen LogP contribution in [0.3, 0.4) is 0 Å². The Morgan fingerprint density at radius 1 is 1.20 bits per heavy atom. The zero-order valence-electron chi connectivity index (χ0n) is 14.2. The molecule has 2 aliphatic rings. The molecule has 2 nitrogen and oxygen atoms in total. The third kappa shape index (κ3) is 3.39. The molecule has 2 rings (SSSR count). The Bertz CT molecular complexity index is 302. The summed E-state index contributed by atoms with van der Waals surface area (Å²) in [6, 6.07) is 0.771. The summed E-state index contributed by atoms with van der Waals surface area (Å²) in [6.45, 7) is 8.05. The quantitative estimate of drug-likeness (QED) is 0.842. The monoisotopic (exact) mass is 280 g/mol. The van der Waals surface area contributed by atoms with Gasteiger partial charge in [0.1, 0.15) is 0 Å². The number of hydrogen-bond acceptors (Lipinski definition) is 2. The summed E-state index contributed by atoms with van der Waals surface area (Å²) in [4.78, 5) is 2.72. The molecule has 2 fully saturated rings. The number of likely N-dealkylation sites (N-methyl/N-ethyl adjacent to an activating group) is 1. The van der Waals surface area contributed by atoms with Crippen molar-refractivity contribution < 1.29 is 0 Å². The molecule has 0 aromatic heterocycles. The van der Waals surface area contributed by atoms with Gasteiger partial charge in [0.25, 0.3) is 0 Å². The molecule has 0 heterocycles. The fraction of sp³-hybridized carbons (Fsp3) is 1.00. The molecule has 0 aromatic carbocycles. The lowest BCUT2D eigenvalue weighted by atomic mass is 9.70. The van der Waals surface area contributed by atoms with E-state index >= 15 is 0 Å². The van der Waals surface area contributed by atoms with Crippen LogP contribution in [0.25, 0.3) is 0 Å². The van der Waals surface area contributed by atoms with E-state index in [0.29, 0.717) is 0 Å². The van der Waals surface area contributed by atoms with Crippen LogP contribution in [0.2, 0.25) is 0 Å². The molecular formula is C18H36N2. The average molecular weight is 280 g/mol. The molecule has 0 aromatic rings. The highest BCUT2D eigenvalue weighted by atomic mass is 15.2. The zero-order chi connectivity index (χ0) is 14.8. The molecule has 0 saturated heterocycles. The first-order valence-electron chi connectivity index (χ1n) is 8.91. The highest BCUT2D eigenvalue weighted by molar-refractivity contribution is 4.99. The first-order valence-corrected chi connectivity index (χ1v) is 8.91. The van der Waals surface area contributed by atoms with Gasteiger partial charge in [-0.3, -0.25) is 4.90 Å². The Morgan fingerprint density at radius 2 is 1.95 bits per heavy atom. The third-order valence-corrected chi connectivity index (χ3v) is 6.39. The molecule has 0 amide bonds. The summed E-state index contributed by atoms with van der Waals surface area (Å²) in [7, 11) is 2.37. The van der Waals surface area contributed by atoms with Gasteiger partial charge in [-0.2, -0.15) is 0 Å². The van der Waals surface area contributed by atoms with Gasteiger partial charge in [0, 0.05) is 18.1 Å². The van der Waals surface area contributed by atoms with Crippen LogP contribution < -0.4 is 5.73 Å². The summed E-state index contributed by atoms with van der Waals surface area (Å²) in [6.07, 6.45) is 11.0. The van der Waals surface area contributed by atoms with Crippen molar-refractivity contribution in [2.75, 3.05) is 13.6 Å². The van der Waals surface area contributed by atoms with Crippen LogP contribution in [0.4, 0.5) is 0 Å². The van der Waals surface area contributed by atoms with E-state index in [0.717, 1.165) is 30.3 Å². The molecule has 4 unspecified atom stereocenters. The Hall–Kier alpha value is -0.0800. The normalized spacial score (nSPS) is 39.5. The van der Waals surface area contributed by atoms with Gasteiger partial charge in [0.05, 0.1) is 0 Å². The minimum atomic E-state index is 0.287. The number of nitrogens with zero attached hydrogens (tertiary/aromatic N) is 1. The SMILES string of the molecule is CC1CCCC(N(C)C2(CN)CCCC(C(C)C)C2)C1. The van der Waals surface area contributed by atoms with Gasteiger partial charge in [-0.1, -0.05) is 46.5 Å². The Kier molecular flexibility index (Phi) is 5.53. The Morgan fingerprint density at radius 3 is 2.55 bits per heavy atom. The molecular weight excluding hydrogens is 244 g/mol. The van der Waals surface area contributed by atoms with Gasteiger partial charge >= 0.3 is 0 Å². The standard InChI is InChI=1S/C18H36N2/c1-14(2)16-8-6-10-18(12-16,13-19)20(4)17-9-5-7-15(3)11-17/h14-17H,5-13,19H2,1-4H3. The minimum Gasteiger partial charge on any atom is -0.329 e. The number of nitrogens with two attached hydrogens (primary N) is 1. The predicted molar refractivity (Wildman–Crippen MR) is 87.8 cm³/mol. The van der Waals surface area contributed by atoms with Crippen LogP contribution in [0.15, 0.2) is 0 Å². The molecule has 4 atom stereocenters. The van der Waals surface area contributed by atoms with E-state index in [1.165, 1.54) is 51.4 Å². The lowest BCUT2D eigenvalue weighted by molar-refractivity contribution is -0.00221. The maximum absolute atomic E-state index is 6.30. The van der Waals surface area contributed by atoms with E-state index in [4.69, 9.17) is 5.73 Å². The van der Waals surface area contributed by atoms with Crippen LogP contribution in [-0.2, 0) is 0 Å². The van der Waals surface area contributed by atoms with Crippen molar-refractivity contribution in [1.29, 1.82) is 0 Å². The topological polar surface area (TPSA) is 29.3 Å². The predicted octanol–water partition coefficient (Wildman–Crippen LogP) is 4.04. The van der Waals surface area contributed by atoms with Crippen LogP contribution in [0.5, 0.6) is 0 Å². The van der Waals surface area contributed by atoms with Crippen molar-refractivity contribution in [3.05, 3.63) is 0 Å². The number of hydrogen-bond donors (Lipinski definition) is 1. The van der Waals surface area contributed by atoms with E-state index in [2.05, 4.69) is 32.7 Å². The fourth-order valence-corrected chi connectivity index (χ4v) is 4.75. The molecule has 0 radical (unpaired) electrons. The summed E-state index contributed by atoms with van der Waals surface area (Å²) < 4.78 is 0. The van der Waals surface area contributed by atoms with Gasteiger partial charge in [-0.05, 0) is 50.5 Å². The summed E-state index contributed by atoms with van der Waals surface area (Å²) in [5.74, 6) is 2.58. The van der Waals surface area contributed by atoms with Crippen molar-refractivity contribution in [2.24, 2.45) is 23.5 Å². The number of rotatable bonds is 4. The second kappa shape index (κ2) is 6.79. The Labute approximate surface area is 126 Å². The maximum atomic E-state index is 6.30. The molecule has 2 aliphatic carbocycles. The lowest BCUT2D eigenvalue weighted by Crippen LogP contribution is -2.59. The summed E-state index contributed by atoms with van der Waals surface area (Å²) in [5, 5.41) is 0. The van der Waals surface area contributed by atoms with E-state index in [1.807, 2.05) is 0 Å². The summed E-state index contributed by atoms with van der Waals surface area (Å²) in [5.41, 5.74) is 6.59. The second-order valence-corrected chi connectivity index (χ2v) is 8.07. The minimum absolute atomic E-state index is 0.287. The van der Waals surface area contributed by atoms with E-state index in [-0.39, 0.29) is 5.54 Å². The lowest BCUT2D eigenvalue weighted by Gasteiger charge is -2.51. The van der Waals surface area contributed by atoms with Gasteiger partial charge in [-0.25, -0.2) is 0 Å². The van der Waals surface area contributed by atoms with E-state index in [9.17, 15) is 0 Å². The smallest absolute Gasteiger partial charge is 0.0334 e. The van der Waals surface area contributed by atoms with Crippen molar-refractivity contribution in [3.8, 4) is 0 Å². The van der Waals surface area contributed by atoms with Gasteiger partial charge in [-0.15, -0.1) is 0 Å². The van der Waals surface area contributed by atoms with Gasteiger partial charge in [0.2, 0.25) is 0 Å². The van der Waals surface area contributed by atoms with Crippen LogP contribution in [0, 0.1) is 17.8 Å². The van der Waals surface area contributed by atoms with Crippen LogP contribution in [-0.4, -0.2) is 30.1 Å². The molecule has 0 spiro atoms. The van der Waals surface area contributed by atoms with Crippen molar-refractivity contribution in [2.45, 2.75) is 83.7 Å². The van der Waals surface area contributed by atoms with E-state index in [1.54, 1.807) is 0 Å². The summed E-state index contributed by atoms with van der Waals surface area (Å²) >= 11 is 0. The molecule has 0 aliphatic heterocycles. The van der Waals surface area contributed by atoms with Crippen LogP contribution >= 0.6 is 0 Å². The highest BCUT2D eigenvalue weighted by Crippen LogP contribution is 2.41. The third-order valence-electron chi connectivity index (χ3n) is 6.39.